The first-order valence-corrected chi connectivity index (χ1v) is 6.81. The highest BCUT2D eigenvalue weighted by Gasteiger charge is 2.13. The van der Waals surface area contributed by atoms with Crippen molar-refractivity contribution in [1.29, 1.82) is 0 Å². The average molecular weight is 216 g/mol. The second kappa shape index (κ2) is 5.65. The lowest BCUT2D eigenvalue weighted by Crippen LogP contribution is -2.08. The molecule has 0 aromatic heterocycles. The molecular formula is C13H17BS. The number of hydrogen-bond acceptors (Lipinski definition) is 1. The molecule has 1 saturated carbocycles. The summed E-state index contributed by atoms with van der Waals surface area (Å²) in [6, 6.07) is 8.22. The van der Waals surface area contributed by atoms with Gasteiger partial charge in [-0.15, -0.1) is 11.8 Å². The first kappa shape index (κ1) is 11.1. The lowest BCUT2D eigenvalue weighted by molar-refractivity contribution is 0.391. The van der Waals surface area contributed by atoms with Crippen LogP contribution in [0.2, 0.25) is 0 Å². The van der Waals surface area contributed by atoms with E-state index in [1.54, 1.807) is 0 Å². The van der Waals surface area contributed by atoms with Gasteiger partial charge in [0.15, 0.2) is 0 Å². The van der Waals surface area contributed by atoms with Crippen molar-refractivity contribution in [3.8, 4) is 0 Å². The maximum absolute atomic E-state index is 5.75. The summed E-state index contributed by atoms with van der Waals surface area (Å²) in [5.41, 5.74) is 0.878. The summed E-state index contributed by atoms with van der Waals surface area (Å²) in [6.45, 7) is 0. The summed E-state index contributed by atoms with van der Waals surface area (Å²) < 4.78 is 0. The highest BCUT2D eigenvalue weighted by atomic mass is 32.2. The van der Waals surface area contributed by atoms with Crippen LogP contribution in [0.5, 0.6) is 0 Å². The first-order chi connectivity index (χ1) is 7.34. The highest BCUT2D eigenvalue weighted by molar-refractivity contribution is 7.99. The third-order valence-corrected chi connectivity index (χ3v) is 4.29. The molecule has 2 radical (unpaired) electrons. The quantitative estimate of drug-likeness (QED) is 0.552. The Hall–Kier alpha value is -0.365. The van der Waals surface area contributed by atoms with Gasteiger partial charge in [-0.1, -0.05) is 42.9 Å². The minimum Gasteiger partial charge on any atom is -0.126 e. The Morgan fingerprint density at radius 3 is 2.73 bits per heavy atom. The number of hydrogen-bond donors (Lipinski definition) is 0. The van der Waals surface area contributed by atoms with E-state index >= 15 is 0 Å². The third kappa shape index (κ3) is 3.60. The van der Waals surface area contributed by atoms with E-state index in [2.05, 4.69) is 12.1 Å². The van der Waals surface area contributed by atoms with E-state index in [0.717, 1.165) is 11.4 Å². The molecule has 2 heteroatoms. The molecule has 0 heterocycles. The summed E-state index contributed by atoms with van der Waals surface area (Å²) in [6.07, 6.45) is 7.16. The van der Waals surface area contributed by atoms with Gasteiger partial charge in [0.25, 0.3) is 0 Å². The SMILES string of the molecule is [B]c1cccc(SCC2CCCCC2)c1. The third-order valence-electron chi connectivity index (χ3n) is 3.07. The zero-order chi connectivity index (χ0) is 10.5. The summed E-state index contributed by atoms with van der Waals surface area (Å²) in [5.74, 6) is 2.20. The highest BCUT2D eigenvalue weighted by Crippen LogP contribution is 2.29. The van der Waals surface area contributed by atoms with Crippen molar-refractivity contribution in [2.75, 3.05) is 5.75 Å². The van der Waals surface area contributed by atoms with Gasteiger partial charge in [0.1, 0.15) is 7.85 Å². The molecule has 1 aliphatic rings. The van der Waals surface area contributed by atoms with Gasteiger partial charge in [0.05, 0.1) is 0 Å². The lowest BCUT2D eigenvalue weighted by Gasteiger charge is -2.20. The molecule has 15 heavy (non-hydrogen) atoms. The molecule has 0 nitrogen and oxygen atoms in total. The van der Waals surface area contributed by atoms with Crippen molar-refractivity contribution >= 4 is 25.1 Å². The van der Waals surface area contributed by atoms with Crippen LogP contribution in [0.1, 0.15) is 32.1 Å². The van der Waals surface area contributed by atoms with Gasteiger partial charge >= 0.3 is 0 Å². The van der Waals surface area contributed by atoms with Crippen molar-refractivity contribution in [2.24, 2.45) is 5.92 Å². The van der Waals surface area contributed by atoms with Crippen LogP contribution >= 0.6 is 11.8 Å². The van der Waals surface area contributed by atoms with Crippen LogP contribution in [-0.4, -0.2) is 13.6 Å². The predicted molar refractivity (Wildman–Crippen MR) is 69.1 cm³/mol. The maximum Gasteiger partial charge on any atom is 0.113 e. The molecule has 0 saturated heterocycles. The molecule has 0 spiro atoms. The molecule has 0 amide bonds. The van der Waals surface area contributed by atoms with E-state index in [4.69, 9.17) is 7.85 Å². The Balaban J connectivity index is 1.81. The molecule has 78 valence electrons. The van der Waals surface area contributed by atoms with Gasteiger partial charge < -0.3 is 0 Å². The van der Waals surface area contributed by atoms with Gasteiger partial charge in [0, 0.05) is 10.6 Å². The standard InChI is InChI=1S/C13H17BS/c14-12-7-4-8-13(9-12)15-10-11-5-2-1-3-6-11/h4,7-9,11H,1-3,5-6,10H2. The number of rotatable bonds is 3. The van der Waals surface area contributed by atoms with E-state index in [0.29, 0.717) is 0 Å². The van der Waals surface area contributed by atoms with Crippen LogP contribution in [0.4, 0.5) is 0 Å². The lowest BCUT2D eigenvalue weighted by atomic mass is 9.91. The Bertz CT molecular complexity index is 305. The number of thioether (sulfide) groups is 1. The van der Waals surface area contributed by atoms with Crippen LogP contribution in [0.25, 0.3) is 0 Å². The van der Waals surface area contributed by atoms with Gasteiger partial charge in [-0.2, -0.15) is 0 Å². The number of benzene rings is 1. The van der Waals surface area contributed by atoms with Gasteiger partial charge in [-0.05, 0) is 24.8 Å². The Kier molecular flexibility index (Phi) is 4.19. The average Bonchev–Trinajstić information content (AvgIpc) is 2.28. The molecule has 1 aromatic rings. The molecule has 0 atom stereocenters. The fourth-order valence-electron chi connectivity index (χ4n) is 2.17. The van der Waals surface area contributed by atoms with E-state index < -0.39 is 0 Å². The topological polar surface area (TPSA) is 0 Å². The predicted octanol–water partition coefficient (Wildman–Crippen LogP) is 3.15. The maximum atomic E-state index is 5.75. The molecule has 2 rings (SSSR count). The zero-order valence-electron chi connectivity index (χ0n) is 9.11. The minimum absolute atomic E-state index is 0.878. The molecule has 1 aliphatic carbocycles. The van der Waals surface area contributed by atoms with Crippen molar-refractivity contribution in [3.05, 3.63) is 24.3 Å². The molecular weight excluding hydrogens is 199 g/mol. The molecule has 0 bridgehead atoms. The first-order valence-electron chi connectivity index (χ1n) is 5.83. The molecule has 0 unspecified atom stereocenters. The van der Waals surface area contributed by atoms with Crippen molar-refractivity contribution in [2.45, 2.75) is 37.0 Å². The van der Waals surface area contributed by atoms with E-state index in [1.807, 2.05) is 23.9 Å². The zero-order valence-corrected chi connectivity index (χ0v) is 9.93. The summed E-state index contributed by atoms with van der Waals surface area (Å²) in [7, 11) is 5.75. The van der Waals surface area contributed by atoms with Crippen molar-refractivity contribution in [1.82, 2.24) is 0 Å². The van der Waals surface area contributed by atoms with Crippen LogP contribution in [-0.2, 0) is 0 Å². The van der Waals surface area contributed by atoms with Crippen LogP contribution in [0, 0.1) is 5.92 Å². The van der Waals surface area contributed by atoms with Gasteiger partial charge in [-0.25, -0.2) is 0 Å². The summed E-state index contributed by atoms with van der Waals surface area (Å²) in [5, 5.41) is 0. The Morgan fingerprint density at radius 2 is 2.00 bits per heavy atom. The van der Waals surface area contributed by atoms with Gasteiger partial charge in [-0.3, -0.25) is 0 Å². The fourth-order valence-corrected chi connectivity index (χ4v) is 3.33. The van der Waals surface area contributed by atoms with Crippen LogP contribution < -0.4 is 5.46 Å². The summed E-state index contributed by atoms with van der Waals surface area (Å²) >= 11 is 1.96. The minimum atomic E-state index is 0.878. The van der Waals surface area contributed by atoms with E-state index in [-0.39, 0.29) is 0 Å². The normalized spacial score (nSPS) is 17.9. The van der Waals surface area contributed by atoms with E-state index in [9.17, 15) is 0 Å². The smallest absolute Gasteiger partial charge is 0.113 e. The second-order valence-corrected chi connectivity index (χ2v) is 5.48. The summed E-state index contributed by atoms with van der Waals surface area (Å²) in [4.78, 5) is 1.32. The molecule has 0 aliphatic heterocycles. The van der Waals surface area contributed by atoms with Crippen molar-refractivity contribution < 1.29 is 0 Å². The van der Waals surface area contributed by atoms with Gasteiger partial charge in [0.2, 0.25) is 0 Å². The molecule has 1 fully saturated rings. The molecule has 1 aromatic carbocycles. The van der Waals surface area contributed by atoms with Crippen LogP contribution in [0.3, 0.4) is 0 Å². The Morgan fingerprint density at radius 1 is 1.20 bits per heavy atom. The monoisotopic (exact) mass is 216 g/mol. The van der Waals surface area contributed by atoms with Crippen molar-refractivity contribution in [3.63, 3.8) is 0 Å². The second-order valence-electron chi connectivity index (χ2n) is 4.39. The largest absolute Gasteiger partial charge is 0.126 e. The fraction of sp³-hybridized carbons (Fsp3) is 0.538. The molecule has 0 N–H and O–H groups in total. The van der Waals surface area contributed by atoms with Crippen LogP contribution in [0.15, 0.2) is 29.2 Å². The van der Waals surface area contributed by atoms with E-state index in [1.165, 1.54) is 42.8 Å². The Labute approximate surface area is 98.3 Å².